The van der Waals surface area contributed by atoms with Crippen molar-refractivity contribution >= 4 is 21.6 Å². The molecule has 1 N–H and O–H groups in total. The molecule has 0 aromatic heterocycles. The van der Waals surface area contributed by atoms with E-state index in [1.165, 1.54) is 0 Å². The fraction of sp³-hybridized carbons (Fsp3) is 0.667. The summed E-state index contributed by atoms with van der Waals surface area (Å²) in [5, 5.41) is 8.65. The van der Waals surface area contributed by atoms with Crippen LogP contribution < -0.4 is 19.6 Å². The molecule has 0 saturated carbocycles. The van der Waals surface area contributed by atoms with Crippen molar-refractivity contribution in [3.05, 3.63) is 0 Å². The zero-order chi connectivity index (χ0) is 12.3. The molecule has 0 aliphatic heterocycles. The molecule has 12 heteroatoms. The molecule has 0 unspecified atom stereocenters. The fourth-order valence-electron chi connectivity index (χ4n) is 0.401. The van der Waals surface area contributed by atoms with Crippen LogP contribution in [0.5, 0.6) is 0 Å². The molecule has 10 nitrogen and oxygen atoms in total. The van der Waals surface area contributed by atoms with Gasteiger partial charge in [0.1, 0.15) is 7.82 Å². The Morgan fingerprint density at radius 2 is 1.67 bits per heavy atom. The first kappa shape index (κ1) is 14.7. The second kappa shape index (κ2) is 5.15. The molecule has 0 saturated heterocycles. The van der Waals surface area contributed by atoms with Gasteiger partial charge in [-0.25, -0.2) is 4.79 Å². The van der Waals surface area contributed by atoms with Crippen molar-refractivity contribution in [1.82, 2.24) is 0 Å². The van der Waals surface area contributed by atoms with Gasteiger partial charge in [-0.15, -0.1) is 0 Å². The van der Waals surface area contributed by atoms with Gasteiger partial charge in [0.15, 0.2) is 6.10 Å². The number of phosphoric acid groups is 2. The maximum atomic E-state index is 10.5. The van der Waals surface area contributed by atoms with Crippen molar-refractivity contribution < 1.29 is 47.7 Å². The van der Waals surface area contributed by atoms with Crippen LogP contribution in [0.2, 0.25) is 0 Å². The molecule has 0 aliphatic carbocycles. The van der Waals surface area contributed by atoms with Gasteiger partial charge in [0, 0.05) is 0 Å². The van der Waals surface area contributed by atoms with Crippen molar-refractivity contribution in [3.8, 4) is 0 Å². The number of carbonyl (C=O) groups excluding carboxylic acids is 1. The third kappa shape index (κ3) is 8.67. The molecule has 0 aromatic rings. The van der Waals surface area contributed by atoms with E-state index in [1.54, 1.807) is 0 Å². The summed E-state index contributed by atoms with van der Waals surface area (Å²) >= 11 is 0. The van der Waals surface area contributed by atoms with Crippen LogP contribution >= 0.6 is 15.6 Å². The number of hydrogen-bond acceptors (Lipinski definition) is 10. The molecule has 0 bridgehead atoms. The van der Waals surface area contributed by atoms with E-state index in [2.05, 4.69) is 9.05 Å². The number of aliphatic hydroxyl groups is 1. The van der Waals surface area contributed by atoms with Crippen LogP contribution in [-0.2, 0) is 23.0 Å². The van der Waals surface area contributed by atoms with Gasteiger partial charge in [0.2, 0.25) is 0 Å². The Bertz CT molecular complexity index is 311. The van der Waals surface area contributed by atoms with E-state index in [0.29, 0.717) is 0 Å². The Morgan fingerprint density at radius 3 is 2.00 bits per heavy atom. The lowest BCUT2D eigenvalue weighted by Gasteiger charge is -2.31. The Morgan fingerprint density at radius 1 is 1.20 bits per heavy atom. The SMILES string of the molecule is O=C(OP(=O)([O-])[O-])[C@H](O)COP(=O)([O-])[O-]. The Kier molecular flexibility index (Phi) is 5.04. The van der Waals surface area contributed by atoms with Crippen molar-refractivity contribution in [2.45, 2.75) is 6.10 Å². The molecular weight excluding hydrogens is 258 g/mol. The van der Waals surface area contributed by atoms with Gasteiger partial charge in [-0.1, -0.05) is 0 Å². The molecule has 0 amide bonds. The standard InChI is InChI=1S/C3H8O10P2/c4-2(1-12-14(6,7)8)3(5)13-15(9,10)11/h2,4H,1H2,(H2,6,7,8)(H2,9,10,11)/p-4/t2-/m1/s1. The molecule has 0 rings (SSSR count). The summed E-state index contributed by atoms with van der Waals surface area (Å²) < 4.78 is 26.3. The second-order valence-corrected chi connectivity index (χ2v) is 4.35. The molecule has 0 aliphatic rings. The summed E-state index contributed by atoms with van der Waals surface area (Å²) in [4.78, 5) is 49.9. The summed E-state index contributed by atoms with van der Waals surface area (Å²) in [6, 6.07) is 0. The van der Waals surface area contributed by atoms with E-state index in [0.717, 1.165) is 0 Å². The number of phosphoric ester groups is 2. The summed E-state index contributed by atoms with van der Waals surface area (Å²) in [7, 11) is -11.0. The van der Waals surface area contributed by atoms with Crippen LogP contribution in [0.4, 0.5) is 0 Å². The molecule has 0 heterocycles. The van der Waals surface area contributed by atoms with Crippen LogP contribution in [-0.4, -0.2) is 23.8 Å². The number of carbonyl (C=O) groups is 1. The van der Waals surface area contributed by atoms with Gasteiger partial charge in [-0.3, -0.25) is 0 Å². The molecular formula is C3H4O10P2-4. The molecule has 90 valence electrons. The summed E-state index contributed by atoms with van der Waals surface area (Å²) in [5.74, 6) is -1.93. The highest BCUT2D eigenvalue weighted by atomic mass is 31.2. The van der Waals surface area contributed by atoms with Gasteiger partial charge in [0.05, 0.1) is 14.4 Å². The van der Waals surface area contributed by atoms with Gasteiger partial charge in [-0.05, 0) is 0 Å². The van der Waals surface area contributed by atoms with Gasteiger partial charge in [0.25, 0.3) is 0 Å². The first-order chi connectivity index (χ1) is 6.51. The predicted octanol–water partition coefficient (Wildman–Crippen LogP) is -4.44. The quantitative estimate of drug-likeness (QED) is 0.474. The highest BCUT2D eigenvalue weighted by Gasteiger charge is 2.18. The van der Waals surface area contributed by atoms with E-state index in [1.807, 2.05) is 0 Å². The topological polar surface area (TPSA) is 182 Å². The molecule has 0 fully saturated rings. The van der Waals surface area contributed by atoms with Gasteiger partial charge in [-0.2, -0.15) is 0 Å². The minimum Gasteiger partial charge on any atom is -0.790 e. The Labute approximate surface area is 82.9 Å². The second-order valence-electron chi connectivity index (χ2n) is 2.12. The normalized spacial score (nSPS) is 14.7. The third-order valence-electron chi connectivity index (χ3n) is 0.864. The Balaban J connectivity index is 4.12. The molecule has 0 radical (unpaired) electrons. The molecule has 1 atom stereocenters. The van der Waals surface area contributed by atoms with E-state index >= 15 is 0 Å². The van der Waals surface area contributed by atoms with Crippen molar-refractivity contribution in [2.24, 2.45) is 0 Å². The van der Waals surface area contributed by atoms with E-state index < -0.39 is 34.3 Å². The zero-order valence-electron chi connectivity index (χ0n) is 6.80. The molecule has 15 heavy (non-hydrogen) atoms. The predicted molar refractivity (Wildman–Crippen MR) is 33.3 cm³/mol. The smallest absolute Gasteiger partial charge is 0.340 e. The fourth-order valence-corrected chi connectivity index (χ4v) is 1.07. The Hall–Kier alpha value is -0.310. The number of rotatable bonds is 5. The number of hydrogen-bond donors (Lipinski definition) is 1. The van der Waals surface area contributed by atoms with Gasteiger partial charge >= 0.3 is 5.97 Å². The van der Waals surface area contributed by atoms with E-state index in [9.17, 15) is 33.5 Å². The van der Waals surface area contributed by atoms with Gasteiger partial charge < -0.3 is 42.9 Å². The summed E-state index contributed by atoms with van der Waals surface area (Å²) in [5.41, 5.74) is 0. The van der Waals surface area contributed by atoms with Crippen LogP contribution in [0.25, 0.3) is 0 Å². The zero-order valence-corrected chi connectivity index (χ0v) is 8.59. The minimum atomic E-state index is -5.63. The largest absolute Gasteiger partial charge is 0.790 e. The van der Waals surface area contributed by atoms with Crippen LogP contribution in [0.3, 0.4) is 0 Å². The van der Waals surface area contributed by atoms with Crippen LogP contribution in [0, 0.1) is 0 Å². The third-order valence-corrected chi connectivity index (χ3v) is 1.73. The van der Waals surface area contributed by atoms with E-state index in [4.69, 9.17) is 5.11 Å². The lowest BCUT2D eigenvalue weighted by molar-refractivity contribution is -0.342. The average Bonchev–Trinajstić information content (AvgIpc) is 1.95. The van der Waals surface area contributed by atoms with Crippen molar-refractivity contribution in [3.63, 3.8) is 0 Å². The van der Waals surface area contributed by atoms with E-state index in [-0.39, 0.29) is 0 Å². The first-order valence-corrected chi connectivity index (χ1v) is 6.03. The van der Waals surface area contributed by atoms with Crippen molar-refractivity contribution in [1.29, 1.82) is 0 Å². The van der Waals surface area contributed by atoms with Crippen LogP contribution in [0.15, 0.2) is 0 Å². The van der Waals surface area contributed by atoms with Crippen LogP contribution in [0.1, 0.15) is 0 Å². The highest BCUT2D eigenvalue weighted by molar-refractivity contribution is 7.43. The maximum absolute atomic E-state index is 10.5. The minimum absolute atomic E-state index is 1.33. The monoisotopic (exact) mass is 262 g/mol. The molecule has 0 spiro atoms. The lowest BCUT2D eigenvalue weighted by Crippen LogP contribution is -2.32. The highest BCUT2D eigenvalue weighted by Crippen LogP contribution is 2.27. The summed E-state index contributed by atoms with van der Waals surface area (Å²) in [6.45, 7) is -1.33. The number of aliphatic hydroxyl groups excluding tert-OH is 1. The lowest BCUT2D eigenvalue weighted by atomic mass is 10.4. The summed E-state index contributed by atoms with van der Waals surface area (Å²) in [6.07, 6.45) is -2.36. The first-order valence-electron chi connectivity index (χ1n) is 3.11. The average molecular weight is 262 g/mol. The van der Waals surface area contributed by atoms with Crippen molar-refractivity contribution in [2.75, 3.05) is 6.61 Å². The molecule has 0 aromatic carbocycles. The maximum Gasteiger partial charge on any atom is 0.340 e.